The van der Waals surface area contributed by atoms with Gasteiger partial charge < -0.3 is 5.73 Å². The van der Waals surface area contributed by atoms with Gasteiger partial charge in [-0.3, -0.25) is 9.97 Å². The van der Waals surface area contributed by atoms with Crippen LogP contribution in [0, 0.1) is 6.92 Å². The van der Waals surface area contributed by atoms with E-state index in [4.69, 9.17) is 5.73 Å². The summed E-state index contributed by atoms with van der Waals surface area (Å²) in [5.41, 5.74) is 10.5. The van der Waals surface area contributed by atoms with Crippen LogP contribution in [0.2, 0.25) is 0 Å². The number of nitrogens with zero attached hydrogens (tertiary/aromatic N) is 2. The van der Waals surface area contributed by atoms with Crippen molar-refractivity contribution in [3.8, 4) is 11.3 Å². The van der Waals surface area contributed by atoms with Gasteiger partial charge in [-0.25, -0.2) is 0 Å². The molecule has 0 aliphatic carbocycles. The number of nitrogen functional groups attached to an aromatic ring is 1. The topological polar surface area (TPSA) is 51.8 Å². The van der Waals surface area contributed by atoms with Crippen LogP contribution >= 0.6 is 0 Å². The molecule has 3 nitrogen and oxygen atoms in total. The number of aryl methyl sites for hydroxylation is 1. The van der Waals surface area contributed by atoms with Gasteiger partial charge in [0.25, 0.3) is 0 Å². The van der Waals surface area contributed by atoms with Crippen LogP contribution < -0.4 is 5.73 Å². The van der Waals surface area contributed by atoms with E-state index in [0.717, 1.165) is 33.4 Å². The first-order valence-electron chi connectivity index (χ1n) is 5.81. The minimum atomic E-state index is 0.720. The number of anilines is 1. The van der Waals surface area contributed by atoms with Crippen molar-refractivity contribution in [2.75, 3.05) is 5.73 Å². The molecule has 3 rings (SSSR count). The van der Waals surface area contributed by atoms with E-state index in [1.54, 1.807) is 12.4 Å². The highest BCUT2D eigenvalue weighted by atomic mass is 14.7. The van der Waals surface area contributed by atoms with E-state index < -0.39 is 0 Å². The van der Waals surface area contributed by atoms with Gasteiger partial charge in [-0.05, 0) is 30.7 Å². The fraction of sp³-hybridized carbons (Fsp3) is 0.0667. The molecule has 0 saturated carbocycles. The van der Waals surface area contributed by atoms with Gasteiger partial charge in [0.2, 0.25) is 0 Å². The number of pyridine rings is 2. The summed E-state index contributed by atoms with van der Waals surface area (Å²) in [6.45, 7) is 1.99. The maximum absolute atomic E-state index is 5.78. The normalized spacial score (nSPS) is 10.7. The molecule has 0 spiro atoms. The number of benzene rings is 1. The first kappa shape index (κ1) is 10.7. The van der Waals surface area contributed by atoms with Crippen molar-refractivity contribution in [2.24, 2.45) is 0 Å². The zero-order valence-corrected chi connectivity index (χ0v) is 10.1. The Morgan fingerprint density at radius 1 is 1.06 bits per heavy atom. The maximum Gasteiger partial charge on any atom is 0.0708 e. The molecular formula is C15H13N3. The lowest BCUT2D eigenvalue weighted by molar-refractivity contribution is 1.29. The summed E-state index contributed by atoms with van der Waals surface area (Å²) in [7, 11) is 0. The number of hydrogen-bond acceptors (Lipinski definition) is 3. The van der Waals surface area contributed by atoms with Crippen molar-refractivity contribution >= 4 is 16.6 Å². The Kier molecular flexibility index (Phi) is 2.45. The van der Waals surface area contributed by atoms with E-state index >= 15 is 0 Å². The Bertz CT molecular complexity index is 720. The Balaban J connectivity index is 2.16. The van der Waals surface area contributed by atoms with Crippen molar-refractivity contribution in [3.05, 3.63) is 54.4 Å². The summed E-state index contributed by atoms with van der Waals surface area (Å²) in [5.74, 6) is 0. The second kappa shape index (κ2) is 4.11. The third kappa shape index (κ3) is 1.80. The second-order valence-electron chi connectivity index (χ2n) is 4.34. The molecule has 0 aliphatic rings. The van der Waals surface area contributed by atoms with Crippen molar-refractivity contribution < 1.29 is 0 Å². The quantitative estimate of drug-likeness (QED) is 0.704. The minimum Gasteiger partial charge on any atom is -0.397 e. The van der Waals surface area contributed by atoms with Gasteiger partial charge in [-0.15, -0.1) is 0 Å². The monoisotopic (exact) mass is 235 g/mol. The molecule has 0 atom stereocenters. The largest absolute Gasteiger partial charge is 0.397 e. The minimum absolute atomic E-state index is 0.720. The van der Waals surface area contributed by atoms with Gasteiger partial charge in [0, 0.05) is 17.1 Å². The first-order chi connectivity index (χ1) is 8.74. The standard InChI is InChI=1S/C15H13N3/c1-10-7-14(18-9-13(10)16)12-5-4-11-3-2-6-17-15(11)8-12/h2-9H,16H2,1H3. The predicted molar refractivity (Wildman–Crippen MR) is 74.1 cm³/mol. The van der Waals surface area contributed by atoms with Crippen molar-refractivity contribution in [1.82, 2.24) is 9.97 Å². The highest BCUT2D eigenvalue weighted by Crippen LogP contribution is 2.23. The molecule has 0 aliphatic heterocycles. The fourth-order valence-electron chi connectivity index (χ4n) is 1.95. The summed E-state index contributed by atoms with van der Waals surface area (Å²) in [6, 6.07) is 12.2. The molecule has 0 fully saturated rings. The van der Waals surface area contributed by atoms with Crippen LogP contribution in [0.4, 0.5) is 5.69 Å². The van der Waals surface area contributed by atoms with Crippen LogP contribution in [0.1, 0.15) is 5.56 Å². The SMILES string of the molecule is Cc1cc(-c2ccc3cccnc3c2)ncc1N. The van der Waals surface area contributed by atoms with Gasteiger partial charge in [0.15, 0.2) is 0 Å². The van der Waals surface area contributed by atoms with E-state index in [9.17, 15) is 0 Å². The zero-order chi connectivity index (χ0) is 12.5. The van der Waals surface area contributed by atoms with Crippen molar-refractivity contribution in [3.63, 3.8) is 0 Å². The molecule has 2 N–H and O–H groups in total. The Labute approximate surface area is 105 Å². The lowest BCUT2D eigenvalue weighted by Crippen LogP contribution is -1.93. The molecule has 0 radical (unpaired) electrons. The maximum atomic E-state index is 5.78. The summed E-state index contributed by atoms with van der Waals surface area (Å²) in [5, 5.41) is 1.13. The van der Waals surface area contributed by atoms with E-state index in [2.05, 4.69) is 22.1 Å². The molecule has 0 bridgehead atoms. The van der Waals surface area contributed by atoms with E-state index in [1.807, 2.05) is 31.2 Å². The van der Waals surface area contributed by atoms with Crippen LogP contribution in [-0.4, -0.2) is 9.97 Å². The van der Waals surface area contributed by atoms with Gasteiger partial charge in [-0.1, -0.05) is 18.2 Å². The van der Waals surface area contributed by atoms with Crippen LogP contribution in [0.5, 0.6) is 0 Å². The van der Waals surface area contributed by atoms with Crippen LogP contribution in [0.3, 0.4) is 0 Å². The zero-order valence-electron chi connectivity index (χ0n) is 10.1. The van der Waals surface area contributed by atoms with E-state index in [-0.39, 0.29) is 0 Å². The molecule has 0 saturated heterocycles. The molecule has 3 aromatic rings. The summed E-state index contributed by atoms with van der Waals surface area (Å²) in [4.78, 5) is 8.72. The lowest BCUT2D eigenvalue weighted by Gasteiger charge is -2.05. The Morgan fingerprint density at radius 3 is 2.78 bits per heavy atom. The molecule has 2 heterocycles. The number of hydrogen-bond donors (Lipinski definition) is 1. The fourth-order valence-corrected chi connectivity index (χ4v) is 1.95. The number of nitrogens with two attached hydrogens (primary N) is 1. The summed E-state index contributed by atoms with van der Waals surface area (Å²) in [6.07, 6.45) is 3.50. The summed E-state index contributed by atoms with van der Waals surface area (Å²) < 4.78 is 0. The average Bonchev–Trinajstić information content (AvgIpc) is 2.41. The van der Waals surface area contributed by atoms with Gasteiger partial charge in [-0.2, -0.15) is 0 Å². The van der Waals surface area contributed by atoms with Crippen LogP contribution in [-0.2, 0) is 0 Å². The van der Waals surface area contributed by atoms with Gasteiger partial charge in [0.1, 0.15) is 0 Å². The molecule has 88 valence electrons. The van der Waals surface area contributed by atoms with Gasteiger partial charge in [0.05, 0.1) is 23.1 Å². The molecule has 1 aromatic carbocycles. The molecule has 2 aromatic heterocycles. The molecule has 0 amide bonds. The predicted octanol–water partition coefficient (Wildman–Crippen LogP) is 3.19. The number of fused-ring (bicyclic) bond motifs is 1. The second-order valence-corrected chi connectivity index (χ2v) is 4.34. The first-order valence-corrected chi connectivity index (χ1v) is 5.81. The average molecular weight is 235 g/mol. The van der Waals surface area contributed by atoms with E-state index in [0.29, 0.717) is 0 Å². The third-order valence-corrected chi connectivity index (χ3v) is 3.05. The Morgan fingerprint density at radius 2 is 1.94 bits per heavy atom. The molecule has 3 heteroatoms. The Hall–Kier alpha value is -2.42. The third-order valence-electron chi connectivity index (χ3n) is 3.05. The van der Waals surface area contributed by atoms with E-state index in [1.165, 1.54) is 0 Å². The summed E-state index contributed by atoms with van der Waals surface area (Å²) >= 11 is 0. The van der Waals surface area contributed by atoms with Crippen LogP contribution in [0.25, 0.3) is 22.2 Å². The van der Waals surface area contributed by atoms with Crippen molar-refractivity contribution in [1.29, 1.82) is 0 Å². The highest BCUT2D eigenvalue weighted by Gasteiger charge is 2.03. The number of aromatic nitrogens is 2. The molecular weight excluding hydrogens is 222 g/mol. The highest BCUT2D eigenvalue weighted by molar-refractivity contribution is 5.83. The lowest BCUT2D eigenvalue weighted by atomic mass is 10.1. The van der Waals surface area contributed by atoms with Crippen molar-refractivity contribution in [2.45, 2.75) is 6.92 Å². The van der Waals surface area contributed by atoms with Crippen LogP contribution in [0.15, 0.2) is 48.8 Å². The van der Waals surface area contributed by atoms with Gasteiger partial charge >= 0.3 is 0 Å². The molecule has 0 unspecified atom stereocenters. The molecule has 18 heavy (non-hydrogen) atoms. The smallest absolute Gasteiger partial charge is 0.0708 e. The number of rotatable bonds is 1.